The molecule has 1 heterocycles. The monoisotopic (exact) mass is 322 g/mol. The molecule has 0 bridgehead atoms. The van der Waals surface area contributed by atoms with E-state index in [0.29, 0.717) is 13.2 Å². The molecule has 0 N–H and O–H groups in total. The fourth-order valence-corrected chi connectivity index (χ4v) is 2.97. The molecule has 0 spiro atoms. The van der Waals surface area contributed by atoms with Crippen LogP contribution in [0.2, 0.25) is 0 Å². The van der Waals surface area contributed by atoms with E-state index in [4.69, 9.17) is 4.74 Å². The van der Waals surface area contributed by atoms with Crippen LogP contribution in [0.25, 0.3) is 5.57 Å². The number of carboxylic acid groups (broad SMARTS) is 1. The van der Waals surface area contributed by atoms with E-state index < -0.39 is 5.97 Å². The van der Waals surface area contributed by atoms with Crippen molar-refractivity contribution >= 4 is 11.5 Å². The highest BCUT2D eigenvalue weighted by Crippen LogP contribution is 2.36. The predicted octanol–water partition coefficient (Wildman–Crippen LogP) is 2.08. The van der Waals surface area contributed by atoms with E-state index in [2.05, 4.69) is 24.3 Å². The SMILES string of the molecule is CN(CC/C=C1\c2ccccc2COc2ccccc21)CC(=O)[O-]. The average Bonchev–Trinajstić information content (AvgIpc) is 2.72. The molecule has 3 rings (SSSR count). The largest absolute Gasteiger partial charge is 0.549 e. The van der Waals surface area contributed by atoms with Crippen molar-refractivity contribution in [3.8, 4) is 5.75 Å². The number of carbonyl (C=O) groups excluding carboxylic acids is 1. The molecule has 4 nitrogen and oxygen atoms in total. The second-order valence-corrected chi connectivity index (χ2v) is 5.96. The number of nitrogens with zero attached hydrogens (tertiary/aromatic N) is 1. The first-order valence-electron chi connectivity index (χ1n) is 8.04. The molecule has 0 unspecified atom stereocenters. The number of rotatable bonds is 5. The van der Waals surface area contributed by atoms with Gasteiger partial charge in [0.05, 0.1) is 5.97 Å². The first kappa shape index (κ1) is 16.3. The number of benzene rings is 2. The van der Waals surface area contributed by atoms with Crippen LogP contribution in [0.3, 0.4) is 0 Å². The summed E-state index contributed by atoms with van der Waals surface area (Å²) in [4.78, 5) is 12.4. The van der Waals surface area contributed by atoms with Gasteiger partial charge in [0, 0.05) is 18.7 Å². The van der Waals surface area contributed by atoms with Gasteiger partial charge in [-0.15, -0.1) is 0 Å². The number of para-hydroxylation sites is 1. The van der Waals surface area contributed by atoms with Crippen molar-refractivity contribution in [2.75, 3.05) is 20.1 Å². The van der Waals surface area contributed by atoms with Crippen LogP contribution in [0.15, 0.2) is 54.6 Å². The van der Waals surface area contributed by atoms with Crippen LogP contribution in [0, 0.1) is 0 Å². The second kappa shape index (κ2) is 7.32. The third-order valence-electron chi connectivity index (χ3n) is 4.13. The summed E-state index contributed by atoms with van der Waals surface area (Å²) < 4.78 is 5.95. The fraction of sp³-hybridized carbons (Fsp3) is 0.250. The predicted molar refractivity (Wildman–Crippen MR) is 91.4 cm³/mol. The van der Waals surface area contributed by atoms with Gasteiger partial charge in [-0.3, -0.25) is 0 Å². The van der Waals surface area contributed by atoms with Crippen LogP contribution in [0.5, 0.6) is 5.75 Å². The Bertz CT molecular complexity index is 717. The maximum atomic E-state index is 10.7. The molecule has 0 aromatic heterocycles. The Balaban J connectivity index is 1.90. The molecule has 2 aromatic carbocycles. The summed E-state index contributed by atoms with van der Waals surface area (Å²) in [7, 11) is 1.78. The molecule has 0 atom stereocenters. The standard InChI is InChI=1S/C20H21NO3/c1-21(13-20(22)23)12-6-10-17-16-8-3-2-7-15(16)14-24-19-11-5-4-9-18(17)19/h2-5,7-11H,6,12-14H2,1H3,(H,22,23)/p-1/b17-10+. The molecule has 0 aliphatic carbocycles. The van der Waals surface area contributed by atoms with Crippen LogP contribution < -0.4 is 9.84 Å². The lowest BCUT2D eigenvalue weighted by atomic mass is 9.93. The first-order chi connectivity index (χ1) is 11.6. The first-order valence-corrected chi connectivity index (χ1v) is 8.04. The lowest BCUT2D eigenvalue weighted by Crippen LogP contribution is -2.36. The van der Waals surface area contributed by atoms with Crippen molar-refractivity contribution in [1.29, 1.82) is 0 Å². The molecule has 24 heavy (non-hydrogen) atoms. The molecular formula is C20H20NO3-. The number of ether oxygens (including phenoxy) is 1. The van der Waals surface area contributed by atoms with E-state index in [1.165, 1.54) is 5.56 Å². The summed E-state index contributed by atoms with van der Waals surface area (Å²) >= 11 is 0. The van der Waals surface area contributed by atoms with Crippen LogP contribution in [-0.4, -0.2) is 31.0 Å². The van der Waals surface area contributed by atoms with Gasteiger partial charge in [0.2, 0.25) is 0 Å². The van der Waals surface area contributed by atoms with Crippen LogP contribution >= 0.6 is 0 Å². The Morgan fingerprint density at radius 2 is 1.88 bits per heavy atom. The zero-order chi connectivity index (χ0) is 16.9. The number of carboxylic acids is 1. The van der Waals surface area contributed by atoms with Crippen LogP contribution in [0.4, 0.5) is 0 Å². The van der Waals surface area contributed by atoms with Gasteiger partial charge < -0.3 is 19.5 Å². The van der Waals surface area contributed by atoms with Gasteiger partial charge in [0.1, 0.15) is 12.4 Å². The maximum Gasteiger partial charge on any atom is 0.127 e. The Morgan fingerprint density at radius 3 is 2.67 bits per heavy atom. The van der Waals surface area contributed by atoms with E-state index >= 15 is 0 Å². The highest BCUT2D eigenvalue weighted by Gasteiger charge is 2.18. The molecule has 124 valence electrons. The van der Waals surface area contributed by atoms with Gasteiger partial charge in [-0.2, -0.15) is 0 Å². The normalized spacial score (nSPS) is 14.7. The highest BCUT2D eigenvalue weighted by atomic mass is 16.5. The number of carbonyl (C=O) groups is 1. The summed E-state index contributed by atoms with van der Waals surface area (Å²) in [6.45, 7) is 1.15. The number of fused-ring (bicyclic) bond motifs is 2. The second-order valence-electron chi connectivity index (χ2n) is 5.96. The minimum atomic E-state index is -1.05. The summed E-state index contributed by atoms with van der Waals surface area (Å²) in [5.41, 5.74) is 4.54. The molecule has 1 aliphatic heterocycles. The van der Waals surface area contributed by atoms with E-state index in [0.717, 1.165) is 28.9 Å². The number of hydrogen-bond donors (Lipinski definition) is 0. The summed E-state index contributed by atoms with van der Waals surface area (Å²) in [6.07, 6.45) is 2.92. The fourth-order valence-electron chi connectivity index (χ4n) is 2.97. The van der Waals surface area contributed by atoms with Crippen molar-refractivity contribution < 1.29 is 14.6 Å². The molecule has 1 aliphatic rings. The quantitative estimate of drug-likeness (QED) is 0.846. The minimum Gasteiger partial charge on any atom is -0.549 e. The van der Waals surface area contributed by atoms with E-state index in [-0.39, 0.29) is 6.54 Å². The van der Waals surface area contributed by atoms with Crippen molar-refractivity contribution in [1.82, 2.24) is 4.90 Å². The molecule has 0 fully saturated rings. The van der Waals surface area contributed by atoms with E-state index in [9.17, 15) is 9.90 Å². The van der Waals surface area contributed by atoms with E-state index in [1.54, 1.807) is 11.9 Å². The smallest absolute Gasteiger partial charge is 0.127 e. The third kappa shape index (κ3) is 3.66. The lowest BCUT2D eigenvalue weighted by Gasteiger charge is -2.16. The van der Waals surface area contributed by atoms with Gasteiger partial charge >= 0.3 is 0 Å². The summed E-state index contributed by atoms with van der Waals surface area (Å²) in [5, 5.41) is 10.7. The van der Waals surface area contributed by atoms with E-state index in [1.807, 2.05) is 30.3 Å². The number of likely N-dealkylation sites (N-methyl/N-ethyl adjacent to an activating group) is 1. The van der Waals surface area contributed by atoms with Crippen LogP contribution in [-0.2, 0) is 11.4 Å². The zero-order valence-corrected chi connectivity index (χ0v) is 13.7. The molecule has 4 heteroatoms. The zero-order valence-electron chi connectivity index (χ0n) is 13.7. The molecule has 0 amide bonds. The number of hydrogen-bond acceptors (Lipinski definition) is 4. The van der Waals surface area contributed by atoms with Gasteiger partial charge in [0.15, 0.2) is 0 Å². The molecule has 0 saturated heterocycles. The van der Waals surface area contributed by atoms with Crippen molar-refractivity contribution in [2.24, 2.45) is 0 Å². The molecule has 2 aromatic rings. The van der Waals surface area contributed by atoms with Crippen molar-refractivity contribution in [2.45, 2.75) is 13.0 Å². The summed E-state index contributed by atoms with van der Waals surface area (Å²) in [5.74, 6) is -0.174. The third-order valence-corrected chi connectivity index (χ3v) is 4.13. The Labute approximate surface area is 142 Å². The van der Waals surface area contributed by atoms with Gasteiger partial charge in [0.25, 0.3) is 0 Å². The van der Waals surface area contributed by atoms with Gasteiger partial charge in [-0.25, -0.2) is 0 Å². The molecule has 0 radical (unpaired) electrons. The van der Waals surface area contributed by atoms with Crippen molar-refractivity contribution in [3.05, 3.63) is 71.3 Å². The molecular weight excluding hydrogens is 302 g/mol. The summed E-state index contributed by atoms with van der Waals surface area (Å²) in [6, 6.07) is 16.3. The maximum absolute atomic E-state index is 10.7. The average molecular weight is 322 g/mol. The Morgan fingerprint density at radius 1 is 1.17 bits per heavy atom. The van der Waals surface area contributed by atoms with Crippen molar-refractivity contribution in [3.63, 3.8) is 0 Å². The Hall–Kier alpha value is -2.59. The minimum absolute atomic E-state index is 0.0561. The number of aliphatic carboxylic acids is 1. The van der Waals surface area contributed by atoms with Gasteiger partial charge in [-0.05, 0) is 36.2 Å². The van der Waals surface area contributed by atoms with Crippen LogP contribution in [0.1, 0.15) is 23.1 Å². The molecule has 0 saturated carbocycles. The van der Waals surface area contributed by atoms with Gasteiger partial charge in [-0.1, -0.05) is 48.5 Å². The lowest BCUT2D eigenvalue weighted by molar-refractivity contribution is -0.306. The highest BCUT2D eigenvalue weighted by molar-refractivity contribution is 5.84. The topological polar surface area (TPSA) is 52.6 Å². The Kier molecular flexibility index (Phi) is 4.96.